The molecule has 1 aromatic carbocycles. The van der Waals surface area contributed by atoms with Crippen LogP contribution in [0.5, 0.6) is 0 Å². The molecule has 1 aromatic rings. The van der Waals surface area contributed by atoms with Gasteiger partial charge >= 0.3 is 0 Å². The maximum absolute atomic E-state index is 13.6. The van der Waals surface area contributed by atoms with E-state index in [-0.39, 0.29) is 22.1 Å². The molecule has 19 heavy (non-hydrogen) atoms. The van der Waals surface area contributed by atoms with Gasteiger partial charge in [0.1, 0.15) is 5.82 Å². The van der Waals surface area contributed by atoms with Crippen LogP contribution in [0.2, 0.25) is 0 Å². The first-order valence-electron chi connectivity index (χ1n) is 6.25. The van der Waals surface area contributed by atoms with Gasteiger partial charge < -0.3 is 5.11 Å². The Hall–Kier alpha value is -0.980. The molecule has 0 spiro atoms. The zero-order valence-electron chi connectivity index (χ0n) is 11.0. The third kappa shape index (κ3) is 2.96. The van der Waals surface area contributed by atoms with E-state index in [1.807, 2.05) is 0 Å². The molecule has 106 valence electrons. The van der Waals surface area contributed by atoms with E-state index in [1.54, 1.807) is 0 Å². The van der Waals surface area contributed by atoms with E-state index in [2.05, 4.69) is 11.6 Å². The van der Waals surface area contributed by atoms with Crippen molar-refractivity contribution in [2.45, 2.75) is 44.2 Å². The van der Waals surface area contributed by atoms with Crippen LogP contribution in [0.4, 0.5) is 4.39 Å². The Balaban J connectivity index is 2.27. The first kappa shape index (κ1) is 14.4. The molecule has 1 aliphatic carbocycles. The first-order chi connectivity index (χ1) is 8.83. The Kier molecular flexibility index (Phi) is 3.94. The summed E-state index contributed by atoms with van der Waals surface area (Å²) >= 11 is 0. The number of aryl methyl sites for hydroxylation is 1. The van der Waals surface area contributed by atoms with Crippen molar-refractivity contribution in [3.63, 3.8) is 0 Å². The predicted octanol–water partition coefficient (Wildman–Crippen LogP) is 1.70. The second-order valence-corrected chi connectivity index (χ2v) is 6.98. The highest BCUT2D eigenvalue weighted by Crippen LogP contribution is 2.28. The maximum Gasteiger partial charge on any atom is 0.240 e. The molecule has 2 N–H and O–H groups in total. The molecule has 6 heteroatoms. The average molecular weight is 287 g/mol. The molecule has 0 unspecified atom stereocenters. The topological polar surface area (TPSA) is 66.4 Å². The summed E-state index contributed by atoms with van der Waals surface area (Å²) in [5.74, 6) is -0.0191. The number of benzene rings is 1. The van der Waals surface area contributed by atoms with Crippen molar-refractivity contribution in [2.24, 2.45) is 5.92 Å². The van der Waals surface area contributed by atoms with Crippen molar-refractivity contribution in [2.75, 3.05) is 0 Å². The van der Waals surface area contributed by atoms with Gasteiger partial charge in [0.05, 0.1) is 11.5 Å². The van der Waals surface area contributed by atoms with Gasteiger partial charge in [-0.25, -0.2) is 17.5 Å². The van der Waals surface area contributed by atoms with E-state index in [4.69, 9.17) is 5.11 Å². The van der Waals surface area contributed by atoms with Gasteiger partial charge in [-0.3, -0.25) is 0 Å². The fourth-order valence-electron chi connectivity index (χ4n) is 2.36. The second-order valence-electron chi connectivity index (χ2n) is 5.27. The highest BCUT2D eigenvalue weighted by atomic mass is 32.2. The molecule has 0 atom stereocenters. The van der Waals surface area contributed by atoms with E-state index < -0.39 is 22.4 Å². The zero-order valence-corrected chi connectivity index (χ0v) is 11.8. The summed E-state index contributed by atoms with van der Waals surface area (Å²) in [6.45, 7) is 3.03. The van der Waals surface area contributed by atoms with Crippen molar-refractivity contribution in [1.82, 2.24) is 4.72 Å². The van der Waals surface area contributed by atoms with Crippen LogP contribution < -0.4 is 4.72 Å². The zero-order chi connectivity index (χ0) is 14.2. The van der Waals surface area contributed by atoms with E-state index in [0.717, 1.165) is 12.8 Å². The van der Waals surface area contributed by atoms with Gasteiger partial charge in [0.25, 0.3) is 0 Å². The Labute approximate surface area is 112 Å². The molecule has 0 bridgehead atoms. The van der Waals surface area contributed by atoms with Gasteiger partial charge in [0.15, 0.2) is 0 Å². The summed E-state index contributed by atoms with van der Waals surface area (Å²) in [6, 6.07) is 2.44. The highest BCUT2D eigenvalue weighted by Gasteiger charge is 2.30. The summed E-state index contributed by atoms with van der Waals surface area (Å²) in [5.41, 5.74) is 0.219. The van der Waals surface area contributed by atoms with Gasteiger partial charge in [-0.1, -0.05) is 6.92 Å². The minimum atomic E-state index is -3.64. The number of hydrogen-bond acceptors (Lipinski definition) is 3. The maximum atomic E-state index is 13.6. The van der Waals surface area contributed by atoms with Crippen LogP contribution in [-0.2, 0) is 16.6 Å². The fraction of sp³-hybridized carbons (Fsp3) is 0.538. The van der Waals surface area contributed by atoms with E-state index in [0.29, 0.717) is 5.92 Å². The van der Waals surface area contributed by atoms with Gasteiger partial charge in [0.2, 0.25) is 10.0 Å². The monoisotopic (exact) mass is 287 g/mol. The van der Waals surface area contributed by atoms with Crippen LogP contribution in [0.1, 0.15) is 30.9 Å². The van der Waals surface area contributed by atoms with Crippen LogP contribution in [0, 0.1) is 18.7 Å². The van der Waals surface area contributed by atoms with Crippen LogP contribution in [-0.4, -0.2) is 19.6 Å². The standard InChI is InChI=1S/C13H18FNO3S/c1-8-3-11(4-8)15-19(17,18)12-5-9(2)13(14)10(6-12)7-16/h5-6,8,11,15-16H,3-4,7H2,1-2H3. The van der Waals surface area contributed by atoms with Crippen LogP contribution in [0.3, 0.4) is 0 Å². The molecule has 0 aromatic heterocycles. The predicted molar refractivity (Wildman–Crippen MR) is 69.6 cm³/mol. The van der Waals surface area contributed by atoms with Crippen molar-refractivity contribution in [3.05, 3.63) is 29.1 Å². The van der Waals surface area contributed by atoms with Crippen LogP contribution >= 0.6 is 0 Å². The molecule has 0 heterocycles. The number of sulfonamides is 1. The normalized spacial score (nSPS) is 23.2. The van der Waals surface area contributed by atoms with Gasteiger partial charge in [-0.2, -0.15) is 0 Å². The Bertz CT molecular complexity index is 580. The third-order valence-electron chi connectivity index (χ3n) is 3.48. The van der Waals surface area contributed by atoms with E-state index >= 15 is 0 Å². The molecule has 0 aliphatic heterocycles. The molecule has 1 aliphatic rings. The molecular weight excluding hydrogens is 269 g/mol. The molecule has 1 fully saturated rings. The van der Waals surface area contributed by atoms with E-state index in [1.165, 1.54) is 19.1 Å². The van der Waals surface area contributed by atoms with Crippen LogP contribution in [0.15, 0.2) is 17.0 Å². The Morgan fingerprint density at radius 1 is 1.42 bits per heavy atom. The molecule has 2 rings (SSSR count). The molecule has 0 saturated heterocycles. The summed E-state index contributed by atoms with van der Waals surface area (Å²) in [6.07, 6.45) is 1.65. The minimum absolute atomic E-state index is 0.00218. The number of nitrogens with one attached hydrogen (secondary N) is 1. The van der Waals surface area contributed by atoms with Gasteiger partial charge in [-0.05, 0) is 43.4 Å². The first-order valence-corrected chi connectivity index (χ1v) is 7.74. The number of hydrogen-bond donors (Lipinski definition) is 2. The summed E-state index contributed by atoms with van der Waals surface area (Å²) < 4.78 is 40.5. The lowest BCUT2D eigenvalue weighted by Crippen LogP contribution is -2.43. The molecule has 4 nitrogen and oxygen atoms in total. The van der Waals surface area contributed by atoms with Crippen molar-refractivity contribution in [3.8, 4) is 0 Å². The number of aliphatic hydroxyl groups is 1. The third-order valence-corrected chi connectivity index (χ3v) is 4.98. The summed E-state index contributed by atoms with van der Waals surface area (Å²) in [5, 5.41) is 9.05. The average Bonchev–Trinajstić information content (AvgIpc) is 2.30. The van der Waals surface area contributed by atoms with Crippen molar-refractivity contribution in [1.29, 1.82) is 0 Å². The molecule has 1 saturated carbocycles. The molecule has 0 amide bonds. The molecular formula is C13H18FNO3S. The largest absolute Gasteiger partial charge is 0.392 e. The fourth-order valence-corrected chi connectivity index (χ4v) is 3.76. The summed E-state index contributed by atoms with van der Waals surface area (Å²) in [4.78, 5) is 0.00926. The van der Waals surface area contributed by atoms with Gasteiger partial charge in [0, 0.05) is 11.6 Å². The lowest BCUT2D eigenvalue weighted by atomic mass is 9.83. The van der Waals surface area contributed by atoms with Gasteiger partial charge in [-0.15, -0.1) is 0 Å². The summed E-state index contributed by atoms with van der Waals surface area (Å²) in [7, 11) is -3.64. The second kappa shape index (κ2) is 5.19. The number of halogens is 1. The molecule has 0 radical (unpaired) electrons. The lowest BCUT2D eigenvalue weighted by molar-refractivity contribution is 0.270. The lowest BCUT2D eigenvalue weighted by Gasteiger charge is -2.32. The van der Waals surface area contributed by atoms with Crippen molar-refractivity contribution >= 4 is 10.0 Å². The Morgan fingerprint density at radius 3 is 2.58 bits per heavy atom. The van der Waals surface area contributed by atoms with E-state index in [9.17, 15) is 12.8 Å². The number of aliphatic hydroxyl groups excluding tert-OH is 1. The quantitative estimate of drug-likeness (QED) is 0.886. The Morgan fingerprint density at radius 2 is 2.05 bits per heavy atom. The van der Waals surface area contributed by atoms with Crippen molar-refractivity contribution < 1.29 is 17.9 Å². The number of rotatable bonds is 4. The highest BCUT2D eigenvalue weighted by molar-refractivity contribution is 7.89. The van der Waals surface area contributed by atoms with Crippen LogP contribution in [0.25, 0.3) is 0 Å². The SMILES string of the molecule is Cc1cc(S(=O)(=O)NC2CC(C)C2)cc(CO)c1F. The minimum Gasteiger partial charge on any atom is -0.392 e. The smallest absolute Gasteiger partial charge is 0.240 e.